The highest BCUT2D eigenvalue weighted by molar-refractivity contribution is 7.99. The maximum absolute atomic E-state index is 5.33. The van der Waals surface area contributed by atoms with Crippen LogP contribution in [0.25, 0.3) is 0 Å². The minimum Gasteiger partial charge on any atom is -0.496 e. The molecule has 2 nitrogen and oxygen atoms in total. The first-order chi connectivity index (χ1) is 8.53. The van der Waals surface area contributed by atoms with E-state index in [4.69, 9.17) is 4.74 Å². The molecule has 0 radical (unpaired) electrons. The molecule has 0 unspecified atom stereocenters. The quantitative estimate of drug-likeness (QED) is 0.599. The van der Waals surface area contributed by atoms with Gasteiger partial charge in [0.05, 0.1) is 7.11 Å². The minimum atomic E-state index is 0.419. The summed E-state index contributed by atoms with van der Waals surface area (Å²) in [4.78, 5) is 1.22. The first kappa shape index (κ1) is 15.4. The third kappa shape index (κ3) is 6.31. The Kier molecular flexibility index (Phi) is 6.58. The lowest BCUT2D eigenvalue weighted by Gasteiger charge is -2.18. The largest absolute Gasteiger partial charge is 0.496 e. The Labute approximate surface area is 116 Å². The van der Waals surface area contributed by atoms with Crippen molar-refractivity contribution in [3.05, 3.63) is 24.3 Å². The van der Waals surface area contributed by atoms with E-state index in [0.717, 1.165) is 24.6 Å². The topological polar surface area (TPSA) is 21.3 Å². The summed E-state index contributed by atoms with van der Waals surface area (Å²) >= 11 is 1.84. The molecule has 0 amide bonds. The van der Waals surface area contributed by atoms with Crippen LogP contribution in [0.3, 0.4) is 0 Å². The molecule has 0 saturated carbocycles. The summed E-state index contributed by atoms with van der Waals surface area (Å²) in [5, 5.41) is 3.49. The lowest BCUT2D eigenvalue weighted by molar-refractivity contribution is 0.369. The van der Waals surface area contributed by atoms with Crippen molar-refractivity contribution in [2.24, 2.45) is 5.41 Å². The van der Waals surface area contributed by atoms with E-state index >= 15 is 0 Å². The van der Waals surface area contributed by atoms with Gasteiger partial charge in [-0.2, -0.15) is 0 Å². The molecule has 0 aromatic heterocycles. The second kappa shape index (κ2) is 7.70. The molecular formula is C15H25NOS. The molecule has 1 aromatic rings. The van der Waals surface area contributed by atoms with Gasteiger partial charge in [0.1, 0.15) is 5.75 Å². The third-order valence-electron chi connectivity index (χ3n) is 2.66. The molecule has 0 atom stereocenters. The lowest BCUT2D eigenvalue weighted by Crippen LogP contribution is -2.22. The van der Waals surface area contributed by atoms with Crippen LogP contribution in [0.15, 0.2) is 29.2 Å². The molecule has 102 valence electrons. The number of hydrogen-bond donors (Lipinski definition) is 1. The normalized spacial score (nSPS) is 11.6. The Hall–Kier alpha value is -0.670. The van der Waals surface area contributed by atoms with Crippen LogP contribution in [0.2, 0.25) is 0 Å². The highest BCUT2D eigenvalue weighted by Gasteiger charge is 2.08. The molecule has 0 aliphatic heterocycles. The van der Waals surface area contributed by atoms with E-state index in [0.29, 0.717) is 5.41 Å². The molecular weight excluding hydrogens is 242 g/mol. The van der Waals surface area contributed by atoms with E-state index in [1.807, 2.05) is 23.9 Å². The van der Waals surface area contributed by atoms with Gasteiger partial charge in [-0.3, -0.25) is 0 Å². The SMILES string of the molecule is COc1ccccc1SCCNCCC(C)(C)C. The van der Waals surface area contributed by atoms with Crippen molar-refractivity contribution in [1.82, 2.24) is 5.32 Å². The highest BCUT2D eigenvalue weighted by Crippen LogP contribution is 2.28. The Morgan fingerprint density at radius 1 is 1.17 bits per heavy atom. The van der Waals surface area contributed by atoms with E-state index in [2.05, 4.69) is 38.2 Å². The fourth-order valence-corrected chi connectivity index (χ4v) is 2.49. The highest BCUT2D eigenvalue weighted by atomic mass is 32.2. The number of hydrogen-bond acceptors (Lipinski definition) is 3. The maximum atomic E-state index is 5.33. The van der Waals surface area contributed by atoms with E-state index in [9.17, 15) is 0 Å². The summed E-state index contributed by atoms with van der Waals surface area (Å²) in [6, 6.07) is 8.18. The van der Waals surface area contributed by atoms with Gasteiger partial charge in [0, 0.05) is 17.2 Å². The molecule has 1 N–H and O–H groups in total. The number of ether oxygens (including phenoxy) is 1. The van der Waals surface area contributed by atoms with Crippen LogP contribution in [0.5, 0.6) is 5.75 Å². The summed E-state index contributed by atoms with van der Waals surface area (Å²) in [5.41, 5.74) is 0.419. The van der Waals surface area contributed by atoms with Crippen molar-refractivity contribution < 1.29 is 4.74 Å². The molecule has 3 heteroatoms. The number of methoxy groups -OCH3 is 1. The number of rotatable bonds is 7. The van der Waals surface area contributed by atoms with Gasteiger partial charge in [0.25, 0.3) is 0 Å². The fraction of sp³-hybridized carbons (Fsp3) is 0.600. The van der Waals surface area contributed by atoms with Gasteiger partial charge in [-0.05, 0) is 30.5 Å². The van der Waals surface area contributed by atoms with Gasteiger partial charge in [-0.1, -0.05) is 32.9 Å². The van der Waals surface area contributed by atoms with Gasteiger partial charge in [0.2, 0.25) is 0 Å². The van der Waals surface area contributed by atoms with Crippen LogP contribution in [-0.4, -0.2) is 26.0 Å². The van der Waals surface area contributed by atoms with E-state index in [1.54, 1.807) is 7.11 Å². The van der Waals surface area contributed by atoms with Gasteiger partial charge < -0.3 is 10.1 Å². The van der Waals surface area contributed by atoms with Crippen molar-refractivity contribution >= 4 is 11.8 Å². The Bertz CT molecular complexity index is 347. The molecule has 1 rings (SSSR count). The zero-order chi connectivity index (χ0) is 13.4. The summed E-state index contributed by atoms with van der Waals surface area (Å²) < 4.78 is 5.33. The van der Waals surface area contributed by atoms with Crippen molar-refractivity contribution in [3.63, 3.8) is 0 Å². The lowest BCUT2D eigenvalue weighted by atomic mass is 9.92. The molecule has 0 saturated heterocycles. The summed E-state index contributed by atoms with van der Waals surface area (Å²) in [7, 11) is 1.72. The number of benzene rings is 1. The van der Waals surface area contributed by atoms with Gasteiger partial charge >= 0.3 is 0 Å². The van der Waals surface area contributed by atoms with E-state index in [1.165, 1.54) is 11.3 Å². The first-order valence-corrected chi connectivity index (χ1v) is 7.48. The maximum Gasteiger partial charge on any atom is 0.132 e. The zero-order valence-corrected chi connectivity index (χ0v) is 12.8. The molecule has 0 fully saturated rings. The summed E-state index contributed by atoms with van der Waals surface area (Å²) in [6.45, 7) is 8.96. The van der Waals surface area contributed by atoms with Crippen LogP contribution in [0.1, 0.15) is 27.2 Å². The molecule has 0 heterocycles. The second-order valence-corrected chi connectivity index (χ2v) is 6.70. The molecule has 0 spiro atoms. The summed E-state index contributed by atoms with van der Waals surface area (Å²) in [6.07, 6.45) is 1.21. The molecule has 0 aliphatic carbocycles. The molecule has 0 aliphatic rings. The first-order valence-electron chi connectivity index (χ1n) is 6.49. The zero-order valence-electron chi connectivity index (χ0n) is 12.0. The third-order valence-corrected chi connectivity index (χ3v) is 3.71. The van der Waals surface area contributed by atoms with Crippen molar-refractivity contribution in [2.45, 2.75) is 32.1 Å². The average molecular weight is 267 g/mol. The van der Waals surface area contributed by atoms with Crippen LogP contribution >= 0.6 is 11.8 Å². The van der Waals surface area contributed by atoms with Gasteiger partial charge in [-0.15, -0.1) is 11.8 Å². The van der Waals surface area contributed by atoms with Gasteiger partial charge in [0.15, 0.2) is 0 Å². The Morgan fingerprint density at radius 3 is 2.56 bits per heavy atom. The predicted molar refractivity (Wildman–Crippen MR) is 80.7 cm³/mol. The molecule has 18 heavy (non-hydrogen) atoms. The second-order valence-electron chi connectivity index (χ2n) is 5.56. The number of para-hydroxylation sites is 1. The molecule has 1 aromatic carbocycles. The predicted octanol–water partition coefficient (Wildman–Crippen LogP) is 3.81. The van der Waals surface area contributed by atoms with Crippen molar-refractivity contribution in [2.75, 3.05) is 26.0 Å². The Balaban J connectivity index is 2.18. The standard InChI is InChI=1S/C15H25NOS/c1-15(2,3)9-10-16-11-12-18-14-8-6-5-7-13(14)17-4/h5-8,16H,9-12H2,1-4H3. The van der Waals surface area contributed by atoms with Crippen LogP contribution < -0.4 is 10.1 Å². The van der Waals surface area contributed by atoms with Crippen LogP contribution in [0.4, 0.5) is 0 Å². The van der Waals surface area contributed by atoms with E-state index in [-0.39, 0.29) is 0 Å². The average Bonchev–Trinajstić information content (AvgIpc) is 2.32. The number of thioether (sulfide) groups is 1. The summed E-state index contributed by atoms with van der Waals surface area (Å²) in [5.74, 6) is 2.04. The van der Waals surface area contributed by atoms with Gasteiger partial charge in [-0.25, -0.2) is 0 Å². The van der Waals surface area contributed by atoms with Crippen molar-refractivity contribution in [3.8, 4) is 5.75 Å². The minimum absolute atomic E-state index is 0.419. The smallest absolute Gasteiger partial charge is 0.132 e. The number of nitrogens with one attached hydrogen (secondary N) is 1. The fourth-order valence-electron chi connectivity index (χ4n) is 1.56. The van der Waals surface area contributed by atoms with Crippen molar-refractivity contribution in [1.29, 1.82) is 0 Å². The van der Waals surface area contributed by atoms with E-state index < -0.39 is 0 Å². The van der Waals surface area contributed by atoms with Crippen LogP contribution in [0, 0.1) is 5.41 Å². The Morgan fingerprint density at radius 2 is 1.89 bits per heavy atom. The monoisotopic (exact) mass is 267 g/mol. The molecule has 0 bridgehead atoms. The van der Waals surface area contributed by atoms with Crippen LogP contribution in [-0.2, 0) is 0 Å².